The number of nitrogens with zero attached hydrogens (tertiary/aromatic N) is 1. The van der Waals surface area contributed by atoms with Gasteiger partial charge in [-0.2, -0.15) is 0 Å². The predicted octanol–water partition coefficient (Wildman–Crippen LogP) is 1.56. The molecule has 84 valence electrons. The number of likely N-dealkylation sites (tertiary alicyclic amines) is 1. The van der Waals surface area contributed by atoms with Crippen molar-refractivity contribution in [2.45, 2.75) is 31.4 Å². The number of carbonyl (C=O) groups is 1. The van der Waals surface area contributed by atoms with Gasteiger partial charge in [0.05, 0.1) is 12.6 Å². The highest BCUT2D eigenvalue weighted by Gasteiger charge is 2.52. The van der Waals surface area contributed by atoms with Gasteiger partial charge in [0.15, 0.2) is 0 Å². The van der Waals surface area contributed by atoms with Gasteiger partial charge in [0, 0.05) is 6.54 Å². The average Bonchev–Trinajstić information content (AvgIpc) is 2.81. The van der Waals surface area contributed by atoms with Crippen molar-refractivity contribution in [3.05, 3.63) is 12.7 Å². The zero-order valence-corrected chi connectivity index (χ0v) is 9.07. The van der Waals surface area contributed by atoms with E-state index in [1.807, 2.05) is 0 Å². The summed E-state index contributed by atoms with van der Waals surface area (Å²) in [5, 5.41) is 0. The van der Waals surface area contributed by atoms with E-state index in [4.69, 9.17) is 9.47 Å². The molecule has 1 amide bonds. The highest BCUT2D eigenvalue weighted by molar-refractivity contribution is 5.68. The van der Waals surface area contributed by atoms with Crippen molar-refractivity contribution in [3.63, 3.8) is 0 Å². The molecule has 2 heterocycles. The quantitative estimate of drug-likeness (QED) is 0.525. The summed E-state index contributed by atoms with van der Waals surface area (Å²) in [6, 6.07) is 0.190. The van der Waals surface area contributed by atoms with Crippen LogP contribution in [0.5, 0.6) is 0 Å². The first kappa shape index (κ1) is 10.5. The van der Waals surface area contributed by atoms with E-state index in [1.165, 1.54) is 0 Å². The zero-order chi connectivity index (χ0) is 10.9. The van der Waals surface area contributed by atoms with Gasteiger partial charge in [-0.1, -0.05) is 12.7 Å². The second kappa shape index (κ2) is 3.85. The van der Waals surface area contributed by atoms with Crippen LogP contribution in [-0.2, 0) is 9.47 Å². The van der Waals surface area contributed by atoms with Crippen LogP contribution in [0, 0.1) is 0 Å². The summed E-state index contributed by atoms with van der Waals surface area (Å²) >= 11 is 0. The molecule has 0 aromatic heterocycles. The first-order chi connectivity index (χ1) is 7.17. The lowest BCUT2D eigenvalue weighted by Gasteiger charge is -2.26. The molecule has 0 spiro atoms. The lowest BCUT2D eigenvalue weighted by Crippen LogP contribution is -2.43. The Labute approximate surface area is 89.8 Å². The predicted molar refractivity (Wildman–Crippen MR) is 55.6 cm³/mol. The first-order valence-corrected chi connectivity index (χ1v) is 5.35. The number of amides is 1. The Bertz CT molecular complexity index is 273. The van der Waals surface area contributed by atoms with E-state index in [9.17, 15) is 4.79 Å². The van der Waals surface area contributed by atoms with Crippen LogP contribution in [-0.4, -0.2) is 42.4 Å². The number of carbonyl (C=O) groups excluding carboxylic acids is 1. The molecule has 0 aromatic rings. The molecule has 0 N–H and O–H groups in total. The topological polar surface area (TPSA) is 42.1 Å². The molecule has 2 rings (SSSR count). The Balaban J connectivity index is 1.95. The Morgan fingerprint density at radius 1 is 1.80 bits per heavy atom. The number of ether oxygens (including phenoxy) is 2. The minimum absolute atomic E-state index is 0.121. The molecule has 0 aromatic carbocycles. The van der Waals surface area contributed by atoms with Gasteiger partial charge in [-0.3, -0.25) is 0 Å². The van der Waals surface area contributed by atoms with Crippen molar-refractivity contribution in [2.24, 2.45) is 0 Å². The van der Waals surface area contributed by atoms with Crippen LogP contribution >= 0.6 is 0 Å². The van der Waals surface area contributed by atoms with Crippen LogP contribution < -0.4 is 0 Å². The van der Waals surface area contributed by atoms with Crippen molar-refractivity contribution in [1.29, 1.82) is 0 Å². The van der Waals surface area contributed by atoms with Crippen molar-refractivity contribution < 1.29 is 14.3 Å². The monoisotopic (exact) mass is 211 g/mol. The van der Waals surface area contributed by atoms with Crippen LogP contribution in [0.3, 0.4) is 0 Å². The molecule has 2 aliphatic rings. The molecule has 4 heteroatoms. The van der Waals surface area contributed by atoms with Crippen LogP contribution in [0.2, 0.25) is 0 Å². The van der Waals surface area contributed by atoms with Gasteiger partial charge in [-0.15, -0.1) is 0 Å². The molecule has 2 atom stereocenters. The highest BCUT2D eigenvalue weighted by Crippen LogP contribution is 2.38. The van der Waals surface area contributed by atoms with E-state index < -0.39 is 0 Å². The normalized spacial score (nSPS) is 33.9. The summed E-state index contributed by atoms with van der Waals surface area (Å²) in [4.78, 5) is 13.5. The molecule has 2 fully saturated rings. The van der Waals surface area contributed by atoms with Crippen molar-refractivity contribution in [1.82, 2.24) is 4.90 Å². The van der Waals surface area contributed by atoms with Gasteiger partial charge < -0.3 is 14.4 Å². The minimum Gasteiger partial charge on any atom is -0.445 e. The molecule has 0 aliphatic carbocycles. The molecule has 0 bridgehead atoms. The minimum atomic E-state index is -0.242. The van der Waals surface area contributed by atoms with E-state index in [-0.39, 0.29) is 24.3 Å². The Morgan fingerprint density at radius 2 is 2.53 bits per heavy atom. The summed E-state index contributed by atoms with van der Waals surface area (Å²) < 4.78 is 10.4. The standard InChI is InChI=1S/C11H17NO3/c1-3-7-14-10(13)12-6-4-5-9(12)11(2)8-15-11/h3,9H,1,4-8H2,2H3/t9-,11-/m0/s1. The van der Waals surface area contributed by atoms with Crippen LogP contribution in [0.4, 0.5) is 4.79 Å². The largest absolute Gasteiger partial charge is 0.445 e. The molecule has 2 saturated heterocycles. The van der Waals surface area contributed by atoms with E-state index in [2.05, 4.69) is 13.5 Å². The van der Waals surface area contributed by atoms with Gasteiger partial charge in [0.1, 0.15) is 12.2 Å². The average molecular weight is 211 g/mol. The number of hydrogen-bond donors (Lipinski definition) is 0. The van der Waals surface area contributed by atoms with Crippen LogP contribution in [0.1, 0.15) is 19.8 Å². The van der Waals surface area contributed by atoms with E-state index >= 15 is 0 Å². The van der Waals surface area contributed by atoms with E-state index in [0.717, 1.165) is 26.0 Å². The van der Waals surface area contributed by atoms with Gasteiger partial charge in [-0.05, 0) is 19.8 Å². The summed E-state index contributed by atoms with van der Waals surface area (Å²) in [5.74, 6) is 0. The third-order valence-electron chi connectivity index (χ3n) is 3.12. The lowest BCUT2D eigenvalue weighted by atomic mass is 10.0. The van der Waals surface area contributed by atoms with Gasteiger partial charge in [0.25, 0.3) is 0 Å². The third-order valence-corrected chi connectivity index (χ3v) is 3.12. The molecule has 2 aliphatic heterocycles. The second-order valence-electron chi connectivity index (χ2n) is 4.32. The van der Waals surface area contributed by atoms with E-state index in [1.54, 1.807) is 11.0 Å². The van der Waals surface area contributed by atoms with Gasteiger partial charge in [0.2, 0.25) is 0 Å². The molecular formula is C11H17NO3. The third kappa shape index (κ3) is 2.00. The van der Waals surface area contributed by atoms with Gasteiger partial charge >= 0.3 is 6.09 Å². The number of hydrogen-bond acceptors (Lipinski definition) is 3. The fourth-order valence-corrected chi connectivity index (χ4v) is 2.14. The maximum atomic E-state index is 11.7. The second-order valence-corrected chi connectivity index (χ2v) is 4.32. The van der Waals surface area contributed by atoms with E-state index in [0.29, 0.717) is 0 Å². The Morgan fingerprint density at radius 3 is 3.13 bits per heavy atom. The first-order valence-electron chi connectivity index (χ1n) is 5.35. The maximum Gasteiger partial charge on any atom is 0.410 e. The maximum absolute atomic E-state index is 11.7. The molecule has 15 heavy (non-hydrogen) atoms. The summed E-state index contributed by atoms with van der Waals surface area (Å²) in [6.45, 7) is 7.38. The van der Waals surface area contributed by atoms with Crippen LogP contribution in [0.25, 0.3) is 0 Å². The summed E-state index contributed by atoms with van der Waals surface area (Å²) in [7, 11) is 0. The smallest absolute Gasteiger partial charge is 0.410 e. The molecule has 4 nitrogen and oxygen atoms in total. The summed E-state index contributed by atoms with van der Waals surface area (Å²) in [5.41, 5.74) is -0.121. The zero-order valence-electron chi connectivity index (χ0n) is 9.07. The Kier molecular flexibility index (Phi) is 2.69. The lowest BCUT2D eigenvalue weighted by molar-refractivity contribution is 0.0894. The summed E-state index contributed by atoms with van der Waals surface area (Å²) in [6.07, 6.45) is 3.39. The SMILES string of the molecule is C=CCOC(=O)N1CCC[C@H]1[C@]1(C)CO1. The molecular weight excluding hydrogens is 194 g/mol. The van der Waals surface area contributed by atoms with Crippen molar-refractivity contribution in [2.75, 3.05) is 19.8 Å². The van der Waals surface area contributed by atoms with Crippen molar-refractivity contribution in [3.8, 4) is 0 Å². The molecule has 0 unspecified atom stereocenters. The highest BCUT2D eigenvalue weighted by atomic mass is 16.6. The molecule has 0 saturated carbocycles. The van der Waals surface area contributed by atoms with Crippen molar-refractivity contribution >= 4 is 6.09 Å². The fourth-order valence-electron chi connectivity index (χ4n) is 2.14. The number of epoxide rings is 1. The molecule has 0 radical (unpaired) electrons. The fraction of sp³-hybridized carbons (Fsp3) is 0.727. The van der Waals surface area contributed by atoms with Gasteiger partial charge in [-0.25, -0.2) is 4.79 Å². The number of rotatable bonds is 3. The Hall–Kier alpha value is -1.03. The van der Waals surface area contributed by atoms with Crippen LogP contribution in [0.15, 0.2) is 12.7 Å².